The van der Waals surface area contributed by atoms with Crippen LogP contribution in [0.2, 0.25) is 0 Å². The van der Waals surface area contributed by atoms with Crippen molar-refractivity contribution in [3.05, 3.63) is 29.6 Å². The predicted octanol–water partition coefficient (Wildman–Crippen LogP) is 1.18. The minimum Gasteiger partial charge on any atom is -0.477 e. The van der Waals surface area contributed by atoms with E-state index in [0.717, 1.165) is 24.6 Å². The van der Waals surface area contributed by atoms with Crippen LogP contribution in [0.4, 0.5) is 5.82 Å². The minimum atomic E-state index is -0.617. The summed E-state index contributed by atoms with van der Waals surface area (Å²) in [6.45, 7) is 10.1. The average Bonchev–Trinajstić information content (AvgIpc) is 3.01. The molecule has 4 heterocycles. The second-order valence-corrected chi connectivity index (χ2v) is 7.62. The van der Waals surface area contributed by atoms with E-state index in [9.17, 15) is 4.79 Å². The molecule has 10 heteroatoms. The molecular weight excluding hydrogens is 384 g/mol. The molecule has 3 aromatic rings. The van der Waals surface area contributed by atoms with Crippen molar-refractivity contribution in [2.45, 2.75) is 39.8 Å². The molecule has 0 unspecified atom stereocenters. The highest BCUT2D eigenvalue weighted by atomic mass is 16.5. The largest absolute Gasteiger partial charge is 0.477 e. The molecule has 1 aliphatic heterocycles. The number of primary amides is 1. The Balaban J connectivity index is 1.73. The molecule has 0 saturated carbocycles. The lowest BCUT2D eigenvalue weighted by Gasteiger charge is -2.36. The highest BCUT2D eigenvalue weighted by Crippen LogP contribution is 2.26. The zero-order valence-corrected chi connectivity index (χ0v) is 17.6. The first-order chi connectivity index (χ1) is 14.4. The summed E-state index contributed by atoms with van der Waals surface area (Å²) in [5, 5.41) is 12.4. The minimum absolute atomic E-state index is 0.178. The summed E-state index contributed by atoms with van der Waals surface area (Å²) in [6, 6.07) is 4.64. The van der Waals surface area contributed by atoms with Crippen LogP contribution in [0.1, 0.15) is 36.8 Å². The highest BCUT2D eigenvalue weighted by Gasteiger charge is 2.23. The maximum atomic E-state index is 11.9. The van der Waals surface area contributed by atoms with Gasteiger partial charge in [-0.15, -0.1) is 10.2 Å². The summed E-state index contributed by atoms with van der Waals surface area (Å²) in [5.41, 5.74) is 7.79. The van der Waals surface area contributed by atoms with Crippen LogP contribution in [0.3, 0.4) is 0 Å². The second kappa shape index (κ2) is 7.86. The van der Waals surface area contributed by atoms with Crippen molar-refractivity contribution in [1.82, 2.24) is 29.9 Å². The quantitative estimate of drug-likeness (QED) is 0.643. The summed E-state index contributed by atoms with van der Waals surface area (Å²) < 4.78 is 7.16. The molecule has 1 fully saturated rings. The third kappa shape index (κ3) is 3.65. The van der Waals surface area contributed by atoms with Gasteiger partial charge in [0.25, 0.3) is 5.91 Å². The van der Waals surface area contributed by atoms with Crippen molar-refractivity contribution in [2.24, 2.45) is 5.73 Å². The average molecular weight is 410 g/mol. The molecule has 0 aromatic carbocycles. The van der Waals surface area contributed by atoms with Crippen LogP contribution >= 0.6 is 0 Å². The Hall–Kier alpha value is -3.27. The van der Waals surface area contributed by atoms with E-state index in [1.165, 1.54) is 0 Å². The van der Waals surface area contributed by atoms with Gasteiger partial charge in [0.2, 0.25) is 11.7 Å². The molecule has 1 amide bonds. The number of rotatable bonds is 5. The Bertz CT molecular complexity index is 1070. The van der Waals surface area contributed by atoms with Gasteiger partial charge in [0, 0.05) is 31.4 Å². The summed E-state index contributed by atoms with van der Waals surface area (Å²) in [6.07, 6.45) is 1.60. The highest BCUT2D eigenvalue weighted by molar-refractivity contribution is 5.95. The van der Waals surface area contributed by atoms with Crippen molar-refractivity contribution < 1.29 is 9.53 Å². The van der Waals surface area contributed by atoms with Crippen molar-refractivity contribution in [3.63, 3.8) is 0 Å². The van der Waals surface area contributed by atoms with Crippen LogP contribution in [-0.4, -0.2) is 62.3 Å². The maximum Gasteiger partial charge on any atom is 0.255 e. The number of nitrogens with two attached hydrogens (primary N) is 1. The lowest BCUT2D eigenvalue weighted by atomic mass is 10.1. The number of piperazine rings is 1. The van der Waals surface area contributed by atoms with Gasteiger partial charge in [0.05, 0.1) is 18.0 Å². The summed E-state index contributed by atoms with van der Waals surface area (Å²) in [4.78, 5) is 23.0. The fourth-order valence-corrected chi connectivity index (χ4v) is 3.93. The number of ether oxygens (including phenoxy) is 1. The zero-order chi connectivity index (χ0) is 21.4. The van der Waals surface area contributed by atoms with Gasteiger partial charge in [0.1, 0.15) is 11.3 Å². The molecule has 3 aromatic heterocycles. The summed E-state index contributed by atoms with van der Waals surface area (Å²) in [5.74, 6) is 0.803. The van der Waals surface area contributed by atoms with Gasteiger partial charge < -0.3 is 20.7 Å². The van der Waals surface area contributed by atoms with E-state index >= 15 is 0 Å². The van der Waals surface area contributed by atoms with E-state index in [0.29, 0.717) is 35.9 Å². The fourth-order valence-electron chi connectivity index (χ4n) is 3.93. The molecule has 1 aliphatic rings. The van der Waals surface area contributed by atoms with Gasteiger partial charge in [-0.1, -0.05) is 0 Å². The lowest BCUT2D eigenvalue weighted by molar-refractivity contribution is 0.0995. The molecule has 30 heavy (non-hydrogen) atoms. The van der Waals surface area contributed by atoms with E-state index in [4.69, 9.17) is 10.5 Å². The van der Waals surface area contributed by atoms with Crippen molar-refractivity contribution in [2.75, 3.05) is 24.6 Å². The van der Waals surface area contributed by atoms with Gasteiger partial charge >= 0.3 is 0 Å². The number of carbonyl (C=O) groups is 1. The Labute approximate surface area is 174 Å². The van der Waals surface area contributed by atoms with Crippen LogP contribution in [0.25, 0.3) is 17.2 Å². The molecule has 0 bridgehead atoms. The van der Waals surface area contributed by atoms with Gasteiger partial charge in [-0.25, -0.2) is 4.98 Å². The maximum absolute atomic E-state index is 11.9. The van der Waals surface area contributed by atoms with Gasteiger partial charge in [-0.2, -0.15) is 4.98 Å². The Kier molecular flexibility index (Phi) is 5.25. The normalized spacial score (nSPS) is 19.3. The molecular formula is C20H26N8O2. The SMILES string of the molecule is CCOc1nc2nc(C)c(-c3ccc(N4C[C@@H](C)N[C@@H](C)C4)nn3)n2cc1C(N)=O. The molecule has 2 atom stereocenters. The first-order valence-corrected chi connectivity index (χ1v) is 10.0. The Morgan fingerprint density at radius 1 is 1.23 bits per heavy atom. The number of aryl methyl sites for hydroxylation is 1. The third-order valence-corrected chi connectivity index (χ3v) is 5.08. The number of hydrogen-bond donors (Lipinski definition) is 2. The second-order valence-electron chi connectivity index (χ2n) is 7.62. The number of amides is 1. The topological polar surface area (TPSA) is 124 Å². The summed E-state index contributed by atoms with van der Waals surface area (Å²) in [7, 11) is 0. The number of anilines is 1. The van der Waals surface area contributed by atoms with Gasteiger partial charge in [-0.05, 0) is 39.8 Å². The number of nitrogens with zero attached hydrogens (tertiary/aromatic N) is 6. The standard InChI is InChI=1S/C20H26N8O2/c1-5-30-19-14(18(21)29)10-28-17(13(4)23-20(28)24-19)15-6-7-16(26-25-15)27-8-11(2)22-12(3)9-27/h6-7,10-12,22H,5,8-9H2,1-4H3,(H2,21,29)/t11-,12+. The zero-order valence-electron chi connectivity index (χ0n) is 17.6. The molecule has 0 spiro atoms. The molecule has 158 valence electrons. The fraction of sp³-hybridized carbons (Fsp3) is 0.450. The number of hydrogen-bond acceptors (Lipinski definition) is 8. The van der Waals surface area contributed by atoms with Crippen molar-refractivity contribution in [1.29, 1.82) is 0 Å². The van der Waals surface area contributed by atoms with Crippen molar-refractivity contribution in [3.8, 4) is 17.3 Å². The van der Waals surface area contributed by atoms with E-state index in [2.05, 4.69) is 44.2 Å². The van der Waals surface area contributed by atoms with Crippen LogP contribution in [0, 0.1) is 6.92 Å². The Morgan fingerprint density at radius 2 is 1.97 bits per heavy atom. The number of fused-ring (bicyclic) bond motifs is 1. The molecule has 3 N–H and O–H groups in total. The first kappa shape index (κ1) is 20.0. The van der Waals surface area contributed by atoms with Crippen molar-refractivity contribution >= 4 is 17.5 Å². The molecule has 1 saturated heterocycles. The van der Waals surface area contributed by atoms with E-state index in [-0.39, 0.29) is 11.4 Å². The smallest absolute Gasteiger partial charge is 0.255 e. The molecule has 0 aliphatic carbocycles. The lowest BCUT2D eigenvalue weighted by Crippen LogP contribution is -2.54. The van der Waals surface area contributed by atoms with Crippen LogP contribution in [0.15, 0.2) is 18.3 Å². The Morgan fingerprint density at radius 3 is 2.57 bits per heavy atom. The van der Waals surface area contributed by atoms with E-state index < -0.39 is 5.91 Å². The summed E-state index contributed by atoms with van der Waals surface area (Å²) >= 11 is 0. The van der Waals surface area contributed by atoms with Gasteiger partial charge in [-0.3, -0.25) is 9.20 Å². The monoisotopic (exact) mass is 410 g/mol. The predicted molar refractivity (Wildman–Crippen MR) is 113 cm³/mol. The van der Waals surface area contributed by atoms with Crippen LogP contribution in [0.5, 0.6) is 5.88 Å². The van der Waals surface area contributed by atoms with E-state index in [1.807, 2.05) is 26.0 Å². The molecule has 0 radical (unpaired) electrons. The first-order valence-electron chi connectivity index (χ1n) is 10.0. The number of aromatic nitrogens is 5. The molecule has 4 rings (SSSR count). The number of imidazole rings is 1. The number of nitrogens with one attached hydrogen (secondary N) is 1. The van der Waals surface area contributed by atoms with Gasteiger partial charge in [0.15, 0.2) is 5.82 Å². The third-order valence-electron chi connectivity index (χ3n) is 5.08. The van der Waals surface area contributed by atoms with E-state index in [1.54, 1.807) is 10.6 Å². The van der Waals surface area contributed by atoms with Crippen LogP contribution in [-0.2, 0) is 0 Å². The number of carbonyl (C=O) groups excluding carboxylic acids is 1. The molecule has 10 nitrogen and oxygen atoms in total. The van der Waals surface area contributed by atoms with Crippen LogP contribution < -0.4 is 20.7 Å².